The Morgan fingerprint density at radius 1 is 1.32 bits per heavy atom. The van der Waals surface area contributed by atoms with Crippen LogP contribution in [0.5, 0.6) is 0 Å². The minimum Gasteiger partial charge on any atom is -0.337 e. The molecule has 1 aromatic rings. The van der Waals surface area contributed by atoms with Gasteiger partial charge in [0.1, 0.15) is 0 Å². The zero-order chi connectivity index (χ0) is 13.8. The molecule has 0 unspecified atom stereocenters. The second-order valence-corrected chi connectivity index (χ2v) is 5.49. The predicted molar refractivity (Wildman–Crippen MR) is 78.3 cm³/mol. The van der Waals surface area contributed by atoms with Crippen molar-refractivity contribution in [2.24, 2.45) is 0 Å². The van der Waals surface area contributed by atoms with Crippen molar-refractivity contribution >= 4 is 5.91 Å². The van der Waals surface area contributed by atoms with Crippen molar-refractivity contribution < 1.29 is 4.79 Å². The Balaban J connectivity index is 2.03. The van der Waals surface area contributed by atoms with Gasteiger partial charge in [0.05, 0.1) is 12.5 Å². The van der Waals surface area contributed by atoms with Gasteiger partial charge in [0.25, 0.3) is 0 Å². The van der Waals surface area contributed by atoms with Gasteiger partial charge in [0.2, 0.25) is 5.91 Å². The van der Waals surface area contributed by atoms with Gasteiger partial charge in [0.15, 0.2) is 0 Å². The lowest BCUT2D eigenvalue weighted by Gasteiger charge is -2.38. The lowest BCUT2D eigenvalue weighted by molar-refractivity contribution is -0.133. The van der Waals surface area contributed by atoms with E-state index in [-0.39, 0.29) is 5.91 Å². The van der Waals surface area contributed by atoms with Gasteiger partial charge >= 0.3 is 0 Å². The number of rotatable bonds is 5. The maximum absolute atomic E-state index is 12.4. The summed E-state index contributed by atoms with van der Waals surface area (Å²) in [6.45, 7) is 9.09. The van der Waals surface area contributed by atoms with E-state index < -0.39 is 0 Å². The van der Waals surface area contributed by atoms with E-state index in [9.17, 15) is 4.79 Å². The third kappa shape index (κ3) is 3.35. The standard InChI is InChI=1S/C16H24N2O/c1-4-7-18(15-10-17-11-15)16(19)9-14-6-5-12(2)13(3)8-14/h5-6,8,15,17H,4,7,9-11H2,1-3H3. The van der Waals surface area contributed by atoms with Crippen molar-refractivity contribution in [3.8, 4) is 0 Å². The summed E-state index contributed by atoms with van der Waals surface area (Å²) in [7, 11) is 0. The van der Waals surface area contributed by atoms with Crippen molar-refractivity contribution in [2.75, 3.05) is 19.6 Å². The van der Waals surface area contributed by atoms with Gasteiger partial charge in [0, 0.05) is 19.6 Å². The molecule has 1 aliphatic heterocycles. The number of carbonyl (C=O) groups excluding carboxylic acids is 1. The molecule has 3 heteroatoms. The molecule has 104 valence electrons. The largest absolute Gasteiger partial charge is 0.337 e. The highest BCUT2D eigenvalue weighted by molar-refractivity contribution is 5.79. The van der Waals surface area contributed by atoms with Gasteiger partial charge in [-0.25, -0.2) is 0 Å². The molecule has 0 aliphatic carbocycles. The number of benzene rings is 1. The summed E-state index contributed by atoms with van der Waals surface area (Å²) in [6.07, 6.45) is 1.55. The average Bonchev–Trinajstić information content (AvgIpc) is 2.31. The van der Waals surface area contributed by atoms with Crippen LogP contribution >= 0.6 is 0 Å². The first-order valence-electron chi connectivity index (χ1n) is 7.18. The van der Waals surface area contributed by atoms with Crippen LogP contribution in [0.15, 0.2) is 18.2 Å². The van der Waals surface area contributed by atoms with Crippen LogP contribution < -0.4 is 5.32 Å². The van der Waals surface area contributed by atoms with Gasteiger partial charge in [-0.15, -0.1) is 0 Å². The lowest BCUT2D eigenvalue weighted by Crippen LogP contribution is -2.59. The lowest BCUT2D eigenvalue weighted by atomic mass is 10.0. The van der Waals surface area contributed by atoms with Gasteiger partial charge < -0.3 is 10.2 Å². The van der Waals surface area contributed by atoms with Crippen molar-refractivity contribution in [3.63, 3.8) is 0 Å². The second-order valence-electron chi connectivity index (χ2n) is 5.49. The molecule has 19 heavy (non-hydrogen) atoms. The Bertz CT molecular complexity index is 452. The Morgan fingerprint density at radius 2 is 2.05 bits per heavy atom. The highest BCUT2D eigenvalue weighted by Crippen LogP contribution is 2.13. The van der Waals surface area contributed by atoms with E-state index in [4.69, 9.17) is 0 Å². The highest BCUT2D eigenvalue weighted by Gasteiger charge is 2.27. The third-order valence-electron chi connectivity index (χ3n) is 3.91. The minimum absolute atomic E-state index is 0.261. The van der Waals surface area contributed by atoms with E-state index in [1.807, 2.05) is 4.90 Å². The number of amides is 1. The molecule has 1 heterocycles. The zero-order valence-electron chi connectivity index (χ0n) is 12.2. The Hall–Kier alpha value is -1.35. The molecular formula is C16H24N2O. The Kier molecular flexibility index (Phi) is 4.59. The number of carbonyl (C=O) groups is 1. The highest BCUT2D eigenvalue weighted by atomic mass is 16.2. The fraction of sp³-hybridized carbons (Fsp3) is 0.562. The summed E-state index contributed by atoms with van der Waals surface area (Å²) in [4.78, 5) is 14.5. The summed E-state index contributed by atoms with van der Waals surface area (Å²) in [5.41, 5.74) is 3.67. The number of hydrogen-bond acceptors (Lipinski definition) is 2. The van der Waals surface area contributed by atoms with Crippen LogP contribution in [0.3, 0.4) is 0 Å². The Labute approximate surface area is 116 Å². The number of nitrogens with one attached hydrogen (secondary N) is 1. The maximum atomic E-state index is 12.4. The van der Waals surface area contributed by atoms with Crippen LogP contribution in [0.4, 0.5) is 0 Å². The molecule has 1 amide bonds. The van der Waals surface area contributed by atoms with Crippen LogP contribution in [0, 0.1) is 13.8 Å². The van der Waals surface area contributed by atoms with Gasteiger partial charge in [-0.1, -0.05) is 25.1 Å². The van der Waals surface area contributed by atoms with Gasteiger partial charge in [-0.2, -0.15) is 0 Å². The summed E-state index contributed by atoms with van der Waals surface area (Å²) < 4.78 is 0. The van der Waals surface area contributed by atoms with E-state index in [1.54, 1.807) is 0 Å². The molecule has 0 spiro atoms. The normalized spacial score (nSPS) is 15.1. The van der Waals surface area contributed by atoms with Crippen LogP contribution in [-0.4, -0.2) is 36.5 Å². The zero-order valence-corrected chi connectivity index (χ0v) is 12.2. The van der Waals surface area contributed by atoms with Crippen molar-refractivity contribution in [2.45, 2.75) is 39.7 Å². The SMILES string of the molecule is CCCN(C(=O)Cc1ccc(C)c(C)c1)C1CNC1. The topological polar surface area (TPSA) is 32.3 Å². The molecule has 0 bridgehead atoms. The number of hydrogen-bond donors (Lipinski definition) is 1. The third-order valence-corrected chi connectivity index (χ3v) is 3.91. The molecule has 3 nitrogen and oxygen atoms in total. The predicted octanol–water partition coefficient (Wildman–Crippen LogP) is 2.06. The summed E-state index contributed by atoms with van der Waals surface area (Å²) in [5.74, 6) is 0.261. The molecular weight excluding hydrogens is 236 g/mol. The number of aryl methyl sites for hydroxylation is 2. The smallest absolute Gasteiger partial charge is 0.227 e. The van der Waals surface area contributed by atoms with E-state index in [0.717, 1.165) is 31.6 Å². The van der Waals surface area contributed by atoms with Crippen LogP contribution in [0.1, 0.15) is 30.0 Å². The molecule has 0 aromatic heterocycles. The molecule has 0 saturated carbocycles. The first-order chi connectivity index (χ1) is 9.11. The Morgan fingerprint density at radius 3 is 2.58 bits per heavy atom. The summed E-state index contributed by atoms with van der Waals surface area (Å²) >= 11 is 0. The fourth-order valence-corrected chi connectivity index (χ4v) is 2.44. The molecule has 2 rings (SSSR count). The van der Waals surface area contributed by atoms with E-state index >= 15 is 0 Å². The van der Waals surface area contributed by atoms with Crippen LogP contribution in [0.2, 0.25) is 0 Å². The average molecular weight is 260 g/mol. The molecule has 1 N–H and O–H groups in total. The van der Waals surface area contributed by atoms with Crippen molar-refractivity contribution in [1.29, 1.82) is 0 Å². The van der Waals surface area contributed by atoms with Gasteiger partial charge in [-0.3, -0.25) is 4.79 Å². The monoisotopic (exact) mass is 260 g/mol. The minimum atomic E-state index is 0.261. The van der Waals surface area contributed by atoms with Crippen molar-refractivity contribution in [1.82, 2.24) is 10.2 Å². The summed E-state index contributed by atoms with van der Waals surface area (Å²) in [6, 6.07) is 6.71. The molecule has 0 radical (unpaired) electrons. The van der Waals surface area contributed by atoms with E-state index in [1.165, 1.54) is 11.1 Å². The quantitative estimate of drug-likeness (QED) is 0.879. The fourth-order valence-electron chi connectivity index (χ4n) is 2.44. The van der Waals surface area contributed by atoms with Crippen molar-refractivity contribution in [3.05, 3.63) is 34.9 Å². The van der Waals surface area contributed by atoms with Crippen LogP contribution in [-0.2, 0) is 11.2 Å². The van der Waals surface area contributed by atoms with E-state index in [0.29, 0.717) is 12.5 Å². The summed E-state index contributed by atoms with van der Waals surface area (Å²) in [5, 5.41) is 3.24. The molecule has 0 atom stereocenters. The van der Waals surface area contributed by atoms with Gasteiger partial charge in [-0.05, 0) is 37.0 Å². The molecule has 1 saturated heterocycles. The molecule has 1 aliphatic rings. The number of nitrogens with zero attached hydrogens (tertiary/aromatic N) is 1. The first kappa shape index (κ1) is 14.1. The molecule has 1 aromatic carbocycles. The maximum Gasteiger partial charge on any atom is 0.227 e. The first-order valence-corrected chi connectivity index (χ1v) is 7.18. The van der Waals surface area contributed by atoms with Crippen LogP contribution in [0.25, 0.3) is 0 Å². The second kappa shape index (κ2) is 6.20. The van der Waals surface area contributed by atoms with E-state index in [2.05, 4.69) is 44.3 Å². The molecule has 1 fully saturated rings.